The van der Waals surface area contributed by atoms with Crippen LogP contribution in [0.2, 0.25) is 0 Å². The second-order valence-electron chi connectivity index (χ2n) is 5.10. The van der Waals surface area contributed by atoms with Crippen molar-refractivity contribution in [3.05, 3.63) is 0 Å². The van der Waals surface area contributed by atoms with E-state index in [1.165, 1.54) is 12.8 Å². The lowest BCUT2D eigenvalue weighted by Crippen LogP contribution is -2.52. The molecule has 4 N–H and O–H groups in total. The fourth-order valence-electron chi connectivity index (χ4n) is 2.14. The van der Waals surface area contributed by atoms with Gasteiger partial charge in [-0.3, -0.25) is 0 Å². The molecule has 18 heavy (non-hydrogen) atoms. The van der Waals surface area contributed by atoms with Crippen molar-refractivity contribution in [2.45, 2.75) is 45.6 Å². The first kappa shape index (κ1) is 14.6. The topological polar surface area (TPSA) is 91.0 Å². The molecule has 1 rings (SSSR count). The van der Waals surface area contributed by atoms with Gasteiger partial charge in [-0.1, -0.05) is 31.8 Å². The highest BCUT2D eigenvalue weighted by atomic mass is 16.4. The van der Waals surface area contributed by atoms with Gasteiger partial charge in [-0.25, -0.2) is 4.79 Å². The Balaban J connectivity index is 2.59. The Morgan fingerprint density at radius 3 is 2.28 bits per heavy atom. The third-order valence-corrected chi connectivity index (χ3v) is 3.27. The van der Waals surface area contributed by atoms with Crippen LogP contribution in [0.4, 0.5) is 4.79 Å². The smallest absolute Gasteiger partial charge is 0.317 e. The average molecular weight is 256 g/mol. The molecule has 1 fully saturated rings. The Kier molecular flexibility index (Phi) is 5.74. The fraction of sp³-hybridized carbons (Fsp3) is 0.833. The van der Waals surface area contributed by atoms with Crippen LogP contribution in [0.1, 0.15) is 39.5 Å². The van der Waals surface area contributed by atoms with E-state index in [2.05, 4.69) is 10.5 Å². The number of nitrogens with two attached hydrogens (primary N) is 1. The number of rotatable bonds is 3. The molecule has 6 nitrogen and oxygen atoms in total. The van der Waals surface area contributed by atoms with Crippen LogP contribution in [0.15, 0.2) is 5.16 Å². The molecule has 0 bridgehead atoms. The molecule has 0 aliphatic carbocycles. The molecule has 1 heterocycles. The molecule has 104 valence electrons. The van der Waals surface area contributed by atoms with Crippen LogP contribution in [-0.2, 0) is 0 Å². The molecule has 1 aliphatic rings. The average Bonchev–Trinajstić information content (AvgIpc) is 2.63. The number of carbonyl (C=O) groups is 1. The maximum absolute atomic E-state index is 12.1. The van der Waals surface area contributed by atoms with E-state index in [0.717, 1.165) is 25.9 Å². The summed E-state index contributed by atoms with van der Waals surface area (Å²) in [5.74, 6) is 0.130. The molecular weight excluding hydrogens is 232 g/mol. The summed E-state index contributed by atoms with van der Waals surface area (Å²) < 4.78 is 0. The van der Waals surface area contributed by atoms with Gasteiger partial charge in [0.25, 0.3) is 0 Å². The number of hydrogen-bond acceptors (Lipinski definition) is 3. The molecule has 0 aromatic carbocycles. The van der Waals surface area contributed by atoms with Gasteiger partial charge < -0.3 is 21.2 Å². The van der Waals surface area contributed by atoms with Gasteiger partial charge in [-0.15, -0.1) is 0 Å². The molecule has 0 spiro atoms. The minimum atomic E-state index is -0.425. The Morgan fingerprint density at radius 2 is 1.83 bits per heavy atom. The molecule has 0 aromatic rings. The van der Waals surface area contributed by atoms with Crippen LogP contribution in [0.3, 0.4) is 0 Å². The van der Waals surface area contributed by atoms with Gasteiger partial charge in [0.05, 0.1) is 6.04 Å². The van der Waals surface area contributed by atoms with Crippen LogP contribution in [0.25, 0.3) is 0 Å². The van der Waals surface area contributed by atoms with E-state index in [4.69, 9.17) is 10.9 Å². The zero-order chi connectivity index (χ0) is 13.5. The van der Waals surface area contributed by atoms with Gasteiger partial charge >= 0.3 is 6.03 Å². The zero-order valence-corrected chi connectivity index (χ0v) is 11.2. The maximum atomic E-state index is 12.1. The first-order valence-corrected chi connectivity index (χ1v) is 6.59. The summed E-state index contributed by atoms with van der Waals surface area (Å²) in [5, 5.41) is 14.5. The monoisotopic (exact) mass is 256 g/mol. The lowest BCUT2D eigenvalue weighted by atomic mass is 10.0. The van der Waals surface area contributed by atoms with Gasteiger partial charge in [-0.05, 0) is 18.8 Å². The molecule has 1 saturated heterocycles. The summed E-state index contributed by atoms with van der Waals surface area (Å²) in [6.07, 6.45) is 4.45. The zero-order valence-electron chi connectivity index (χ0n) is 11.2. The highest BCUT2D eigenvalue weighted by molar-refractivity contribution is 5.89. The van der Waals surface area contributed by atoms with Crippen molar-refractivity contribution in [2.24, 2.45) is 16.8 Å². The van der Waals surface area contributed by atoms with Crippen molar-refractivity contribution in [1.82, 2.24) is 10.2 Å². The van der Waals surface area contributed by atoms with Gasteiger partial charge in [0.15, 0.2) is 5.84 Å². The minimum Gasteiger partial charge on any atom is -0.409 e. The SMILES string of the molecule is CC(C)C(NC(=O)N1CCCCCC1)C(N)=NO. The second-order valence-corrected chi connectivity index (χ2v) is 5.10. The molecule has 6 heteroatoms. The van der Waals surface area contributed by atoms with Crippen molar-refractivity contribution in [3.8, 4) is 0 Å². The number of hydrogen-bond donors (Lipinski definition) is 3. The summed E-state index contributed by atoms with van der Waals surface area (Å²) in [7, 11) is 0. The van der Waals surface area contributed by atoms with Gasteiger partial charge in [0, 0.05) is 13.1 Å². The highest BCUT2D eigenvalue weighted by Crippen LogP contribution is 2.10. The van der Waals surface area contributed by atoms with Crippen molar-refractivity contribution in [1.29, 1.82) is 0 Å². The summed E-state index contributed by atoms with van der Waals surface area (Å²) in [5.41, 5.74) is 5.59. The van der Waals surface area contributed by atoms with Crippen molar-refractivity contribution in [3.63, 3.8) is 0 Å². The van der Waals surface area contributed by atoms with Crippen LogP contribution in [-0.4, -0.2) is 41.1 Å². The number of amidine groups is 1. The van der Waals surface area contributed by atoms with Gasteiger partial charge in [0.1, 0.15) is 0 Å². The molecule has 1 atom stereocenters. The molecule has 1 unspecified atom stereocenters. The Morgan fingerprint density at radius 1 is 1.28 bits per heavy atom. The van der Waals surface area contributed by atoms with Crippen molar-refractivity contribution in [2.75, 3.05) is 13.1 Å². The summed E-state index contributed by atoms with van der Waals surface area (Å²) >= 11 is 0. The molecule has 1 aliphatic heterocycles. The first-order valence-electron chi connectivity index (χ1n) is 6.59. The van der Waals surface area contributed by atoms with E-state index in [9.17, 15) is 4.79 Å². The largest absolute Gasteiger partial charge is 0.409 e. The summed E-state index contributed by atoms with van der Waals surface area (Å²) in [6.45, 7) is 5.41. The molecule has 2 amide bonds. The van der Waals surface area contributed by atoms with Crippen LogP contribution in [0.5, 0.6) is 0 Å². The van der Waals surface area contributed by atoms with Crippen molar-refractivity contribution < 1.29 is 10.0 Å². The number of nitrogens with zero attached hydrogens (tertiary/aromatic N) is 2. The minimum absolute atomic E-state index is 0.0492. The molecule has 0 saturated carbocycles. The second kappa shape index (κ2) is 7.08. The normalized spacial score (nSPS) is 19.5. The van der Waals surface area contributed by atoms with Gasteiger partial charge in [0.2, 0.25) is 0 Å². The Hall–Kier alpha value is -1.46. The summed E-state index contributed by atoms with van der Waals surface area (Å²) in [4.78, 5) is 13.9. The van der Waals surface area contributed by atoms with Crippen LogP contribution < -0.4 is 11.1 Å². The van der Waals surface area contributed by atoms with Gasteiger partial charge in [-0.2, -0.15) is 0 Å². The summed E-state index contributed by atoms with van der Waals surface area (Å²) in [6, 6.07) is -0.548. The van der Waals surface area contributed by atoms with E-state index < -0.39 is 6.04 Å². The maximum Gasteiger partial charge on any atom is 0.317 e. The van der Waals surface area contributed by atoms with E-state index in [-0.39, 0.29) is 17.8 Å². The number of carbonyl (C=O) groups excluding carboxylic acids is 1. The first-order chi connectivity index (χ1) is 8.56. The lowest BCUT2D eigenvalue weighted by Gasteiger charge is -2.26. The molecular formula is C12H24N4O2. The number of oxime groups is 1. The number of nitrogens with one attached hydrogen (secondary N) is 1. The van der Waals surface area contributed by atoms with E-state index in [1.54, 1.807) is 0 Å². The Labute approximate surface area is 108 Å². The third kappa shape index (κ3) is 4.09. The van der Waals surface area contributed by atoms with E-state index in [0.29, 0.717) is 0 Å². The van der Waals surface area contributed by atoms with E-state index >= 15 is 0 Å². The lowest BCUT2D eigenvalue weighted by molar-refractivity contribution is 0.195. The Bertz CT molecular complexity index is 296. The third-order valence-electron chi connectivity index (χ3n) is 3.27. The van der Waals surface area contributed by atoms with Crippen LogP contribution in [0, 0.1) is 5.92 Å². The number of amides is 2. The van der Waals surface area contributed by atoms with E-state index in [1.807, 2.05) is 18.7 Å². The standard InChI is InChI=1S/C12H24N4O2/c1-9(2)10(11(13)15-18)14-12(17)16-7-5-3-4-6-8-16/h9-10,18H,3-8H2,1-2H3,(H2,13,15)(H,14,17). The quantitative estimate of drug-likeness (QED) is 0.308. The highest BCUT2D eigenvalue weighted by Gasteiger charge is 2.24. The predicted octanol–water partition coefficient (Wildman–Crippen LogP) is 1.34. The van der Waals surface area contributed by atoms with Crippen molar-refractivity contribution >= 4 is 11.9 Å². The van der Waals surface area contributed by atoms with Crippen LogP contribution >= 0.6 is 0 Å². The number of urea groups is 1. The fourth-order valence-corrected chi connectivity index (χ4v) is 2.14. The predicted molar refractivity (Wildman–Crippen MR) is 70.6 cm³/mol. The number of likely N-dealkylation sites (tertiary alicyclic amines) is 1. The molecule has 0 radical (unpaired) electrons. The molecule has 0 aromatic heterocycles.